The molecule has 3 nitrogen and oxygen atoms in total. The fourth-order valence-electron chi connectivity index (χ4n) is 1.55. The number of nitrogens with zero attached hydrogens (tertiary/aromatic N) is 2. The van der Waals surface area contributed by atoms with Crippen LogP contribution in [-0.4, -0.2) is 4.98 Å². The predicted molar refractivity (Wildman–Crippen MR) is 63.4 cm³/mol. The molecule has 78 valence electrons. The van der Waals surface area contributed by atoms with Crippen LogP contribution < -0.4 is 5.73 Å². The third-order valence-electron chi connectivity index (χ3n) is 2.34. The van der Waals surface area contributed by atoms with Gasteiger partial charge in [-0.15, -0.1) is 0 Å². The van der Waals surface area contributed by atoms with Crippen molar-refractivity contribution in [2.75, 3.05) is 5.73 Å². The Bertz CT molecular complexity index is 527. The lowest BCUT2D eigenvalue weighted by Crippen LogP contribution is -1.95. The minimum atomic E-state index is 0.291. The summed E-state index contributed by atoms with van der Waals surface area (Å²) in [4.78, 5) is 4.20. The van der Waals surface area contributed by atoms with E-state index in [9.17, 15) is 0 Å². The highest BCUT2D eigenvalue weighted by Gasteiger charge is 2.03. The number of nitriles is 1. The first kappa shape index (κ1) is 10.2. The second-order valence-corrected chi connectivity index (χ2v) is 3.46. The topological polar surface area (TPSA) is 62.7 Å². The van der Waals surface area contributed by atoms with E-state index >= 15 is 0 Å². The standard InChI is InChI=1S/C13H11N3/c14-7-6-11-8-13(15)12(9-16-11)10-4-2-1-3-5-10/h1-5,8-9H,6H2,(H2,15,16). The lowest BCUT2D eigenvalue weighted by Gasteiger charge is -2.06. The molecule has 2 N–H and O–H groups in total. The van der Waals surface area contributed by atoms with Gasteiger partial charge in [0.25, 0.3) is 0 Å². The van der Waals surface area contributed by atoms with Crippen LogP contribution in [0, 0.1) is 11.3 Å². The van der Waals surface area contributed by atoms with E-state index in [1.54, 1.807) is 12.3 Å². The number of nitrogen functional groups attached to an aromatic ring is 1. The van der Waals surface area contributed by atoms with Crippen LogP contribution in [0.1, 0.15) is 5.69 Å². The minimum Gasteiger partial charge on any atom is -0.398 e. The number of benzene rings is 1. The van der Waals surface area contributed by atoms with Crippen LogP contribution in [0.2, 0.25) is 0 Å². The highest BCUT2D eigenvalue weighted by atomic mass is 14.7. The van der Waals surface area contributed by atoms with Crippen LogP contribution in [0.5, 0.6) is 0 Å². The smallest absolute Gasteiger partial charge is 0.0775 e. The average Bonchev–Trinajstić information content (AvgIpc) is 2.31. The molecule has 0 radical (unpaired) electrons. The lowest BCUT2D eigenvalue weighted by atomic mass is 10.1. The molecule has 0 atom stereocenters. The zero-order chi connectivity index (χ0) is 11.4. The average molecular weight is 209 g/mol. The summed E-state index contributed by atoms with van der Waals surface area (Å²) in [5, 5.41) is 8.57. The van der Waals surface area contributed by atoms with E-state index in [2.05, 4.69) is 11.1 Å². The zero-order valence-corrected chi connectivity index (χ0v) is 8.72. The first-order chi connectivity index (χ1) is 7.81. The van der Waals surface area contributed by atoms with Crippen LogP contribution in [0.25, 0.3) is 11.1 Å². The third kappa shape index (κ3) is 2.01. The van der Waals surface area contributed by atoms with E-state index in [1.807, 2.05) is 30.3 Å². The van der Waals surface area contributed by atoms with E-state index in [4.69, 9.17) is 11.0 Å². The maximum atomic E-state index is 8.57. The lowest BCUT2D eigenvalue weighted by molar-refractivity contribution is 1.12. The maximum Gasteiger partial charge on any atom is 0.0775 e. The Morgan fingerprint density at radius 3 is 2.62 bits per heavy atom. The largest absolute Gasteiger partial charge is 0.398 e. The number of anilines is 1. The van der Waals surface area contributed by atoms with Gasteiger partial charge in [0, 0.05) is 17.4 Å². The highest BCUT2D eigenvalue weighted by Crippen LogP contribution is 2.25. The second kappa shape index (κ2) is 4.45. The van der Waals surface area contributed by atoms with E-state index in [0.29, 0.717) is 17.8 Å². The molecule has 2 aromatic rings. The molecule has 1 aromatic heterocycles. The van der Waals surface area contributed by atoms with Gasteiger partial charge in [0.05, 0.1) is 18.2 Å². The summed E-state index contributed by atoms with van der Waals surface area (Å²) in [7, 11) is 0. The van der Waals surface area contributed by atoms with Gasteiger partial charge >= 0.3 is 0 Å². The van der Waals surface area contributed by atoms with Crippen LogP contribution in [-0.2, 0) is 6.42 Å². The van der Waals surface area contributed by atoms with Crippen molar-refractivity contribution in [3.63, 3.8) is 0 Å². The van der Waals surface area contributed by atoms with Crippen molar-refractivity contribution >= 4 is 5.69 Å². The van der Waals surface area contributed by atoms with Crippen molar-refractivity contribution < 1.29 is 0 Å². The summed E-state index contributed by atoms with van der Waals surface area (Å²) >= 11 is 0. The molecule has 3 heteroatoms. The molecule has 1 heterocycles. The number of nitrogens with two attached hydrogens (primary N) is 1. The quantitative estimate of drug-likeness (QED) is 0.826. The Kier molecular flexibility index (Phi) is 2.84. The number of aromatic nitrogens is 1. The molecule has 0 unspecified atom stereocenters. The molecule has 0 aliphatic carbocycles. The summed E-state index contributed by atoms with van der Waals surface area (Å²) in [5.74, 6) is 0. The molecule has 0 fully saturated rings. The molecular formula is C13H11N3. The number of hydrogen-bond acceptors (Lipinski definition) is 3. The molecule has 0 spiro atoms. The van der Waals surface area contributed by atoms with Crippen molar-refractivity contribution in [1.29, 1.82) is 5.26 Å². The fraction of sp³-hybridized carbons (Fsp3) is 0.0769. The van der Waals surface area contributed by atoms with Gasteiger partial charge in [-0.2, -0.15) is 5.26 Å². The Balaban J connectivity index is 2.41. The van der Waals surface area contributed by atoms with E-state index in [0.717, 1.165) is 11.1 Å². The van der Waals surface area contributed by atoms with Gasteiger partial charge < -0.3 is 5.73 Å². The molecule has 1 aromatic carbocycles. The van der Waals surface area contributed by atoms with Gasteiger partial charge in [0.1, 0.15) is 0 Å². The fourth-order valence-corrected chi connectivity index (χ4v) is 1.55. The normalized spacial score (nSPS) is 9.69. The molecular weight excluding hydrogens is 198 g/mol. The summed E-state index contributed by atoms with van der Waals surface area (Å²) < 4.78 is 0. The first-order valence-corrected chi connectivity index (χ1v) is 4.98. The van der Waals surface area contributed by atoms with E-state index < -0.39 is 0 Å². The van der Waals surface area contributed by atoms with Crippen molar-refractivity contribution in [2.24, 2.45) is 0 Å². The van der Waals surface area contributed by atoms with Gasteiger partial charge in [-0.25, -0.2) is 0 Å². The first-order valence-electron chi connectivity index (χ1n) is 4.98. The third-order valence-corrected chi connectivity index (χ3v) is 2.34. The van der Waals surface area contributed by atoms with E-state index in [-0.39, 0.29) is 0 Å². The Morgan fingerprint density at radius 2 is 2.00 bits per heavy atom. The highest BCUT2D eigenvalue weighted by molar-refractivity contribution is 5.75. The molecule has 0 saturated heterocycles. The van der Waals surface area contributed by atoms with Crippen LogP contribution >= 0.6 is 0 Å². The Labute approximate surface area is 94.2 Å². The summed E-state index contributed by atoms with van der Waals surface area (Å²) in [5.41, 5.74) is 9.24. The van der Waals surface area contributed by atoms with Gasteiger partial charge in [-0.05, 0) is 11.6 Å². The monoisotopic (exact) mass is 209 g/mol. The van der Waals surface area contributed by atoms with Crippen molar-refractivity contribution in [1.82, 2.24) is 4.98 Å². The molecule has 0 aliphatic heterocycles. The molecule has 2 rings (SSSR count). The SMILES string of the molecule is N#CCc1cc(N)c(-c2ccccc2)cn1. The van der Waals surface area contributed by atoms with Crippen LogP contribution in [0.4, 0.5) is 5.69 Å². The Morgan fingerprint density at radius 1 is 1.25 bits per heavy atom. The predicted octanol–water partition coefficient (Wildman–Crippen LogP) is 2.40. The number of rotatable bonds is 2. The second-order valence-electron chi connectivity index (χ2n) is 3.46. The molecule has 0 bridgehead atoms. The molecule has 0 aliphatic rings. The van der Waals surface area contributed by atoms with Gasteiger partial charge in [0.2, 0.25) is 0 Å². The van der Waals surface area contributed by atoms with Crippen molar-refractivity contribution in [2.45, 2.75) is 6.42 Å². The summed E-state index contributed by atoms with van der Waals surface area (Å²) in [6, 6.07) is 13.6. The van der Waals surface area contributed by atoms with Gasteiger partial charge in [-0.3, -0.25) is 4.98 Å². The number of hydrogen-bond donors (Lipinski definition) is 1. The van der Waals surface area contributed by atoms with Crippen molar-refractivity contribution in [3.8, 4) is 17.2 Å². The van der Waals surface area contributed by atoms with Crippen LogP contribution in [0.3, 0.4) is 0 Å². The summed E-state index contributed by atoms with van der Waals surface area (Å²) in [6.07, 6.45) is 2.01. The van der Waals surface area contributed by atoms with Crippen molar-refractivity contribution in [3.05, 3.63) is 48.3 Å². The van der Waals surface area contributed by atoms with E-state index in [1.165, 1.54) is 0 Å². The zero-order valence-electron chi connectivity index (χ0n) is 8.72. The molecule has 16 heavy (non-hydrogen) atoms. The molecule has 0 amide bonds. The Hall–Kier alpha value is -2.34. The van der Waals surface area contributed by atoms with Crippen LogP contribution in [0.15, 0.2) is 42.6 Å². The maximum absolute atomic E-state index is 8.57. The van der Waals surface area contributed by atoms with Gasteiger partial charge in [-0.1, -0.05) is 30.3 Å². The minimum absolute atomic E-state index is 0.291. The molecule has 0 saturated carbocycles. The summed E-state index contributed by atoms with van der Waals surface area (Å²) in [6.45, 7) is 0. The van der Waals surface area contributed by atoms with Gasteiger partial charge in [0.15, 0.2) is 0 Å². The number of pyridine rings is 1.